The van der Waals surface area contributed by atoms with E-state index in [4.69, 9.17) is 5.73 Å². The average molecular weight is 337 g/mol. The van der Waals surface area contributed by atoms with Gasteiger partial charge in [-0.2, -0.15) is 0 Å². The van der Waals surface area contributed by atoms with Crippen LogP contribution >= 0.6 is 11.8 Å². The predicted molar refractivity (Wildman–Crippen MR) is 84.8 cm³/mol. The fourth-order valence-corrected chi connectivity index (χ4v) is 4.45. The highest BCUT2D eigenvalue weighted by Gasteiger charge is 2.71. The Bertz CT molecular complexity index is 768. The largest absolute Gasteiger partial charge is 0.396 e. The zero-order chi connectivity index (χ0) is 16.4. The summed E-state index contributed by atoms with van der Waals surface area (Å²) in [4.78, 5) is 13.0. The molecule has 124 valence electrons. The molecule has 0 radical (unpaired) electrons. The van der Waals surface area contributed by atoms with E-state index in [2.05, 4.69) is 15.0 Å². The second-order valence-corrected chi connectivity index (χ2v) is 7.51. The average Bonchev–Trinajstić information content (AvgIpc) is 3.04. The van der Waals surface area contributed by atoms with Crippen molar-refractivity contribution >= 4 is 28.7 Å². The van der Waals surface area contributed by atoms with Gasteiger partial charge < -0.3 is 25.6 Å². The van der Waals surface area contributed by atoms with Gasteiger partial charge in [-0.05, 0) is 18.1 Å². The minimum absolute atomic E-state index is 0.00775. The summed E-state index contributed by atoms with van der Waals surface area (Å²) in [5, 5.41) is 30.9. The third kappa shape index (κ3) is 1.94. The molecule has 8 nitrogen and oxygen atoms in total. The van der Waals surface area contributed by atoms with Gasteiger partial charge in [0.05, 0.1) is 25.1 Å². The first-order chi connectivity index (χ1) is 11.0. The van der Waals surface area contributed by atoms with Crippen LogP contribution in [0.3, 0.4) is 0 Å². The van der Waals surface area contributed by atoms with Crippen LogP contribution in [0.15, 0.2) is 11.5 Å². The van der Waals surface area contributed by atoms with Gasteiger partial charge in [0.15, 0.2) is 16.6 Å². The van der Waals surface area contributed by atoms with E-state index in [1.807, 2.05) is 6.92 Å². The van der Waals surface area contributed by atoms with E-state index >= 15 is 0 Å². The molecule has 2 aliphatic carbocycles. The fourth-order valence-electron chi connectivity index (χ4n) is 3.88. The Morgan fingerprint density at radius 3 is 2.87 bits per heavy atom. The molecule has 0 spiro atoms. The fraction of sp³-hybridized carbons (Fsp3) is 0.643. The van der Waals surface area contributed by atoms with Crippen LogP contribution in [-0.2, 0) is 0 Å². The molecule has 2 aromatic heterocycles. The number of nitrogen functional groups attached to an aromatic ring is 1. The number of nitrogens with zero attached hydrogens (tertiary/aromatic N) is 4. The van der Waals surface area contributed by atoms with E-state index in [1.165, 1.54) is 11.8 Å². The summed E-state index contributed by atoms with van der Waals surface area (Å²) in [6.45, 7) is 1.87. The van der Waals surface area contributed by atoms with Gasteiger partial charge in [0.1, 0.15) is 11.6 Å². The highest BCUT2D eigenvalue weighted by molar-refractivity contribution is 7.99. The highest BCUT2D eigenvalue weighted by atomic mass is 32.2. The molecule has 5 atom stereocenters. The van der Waals surface area contributed by atoms with Crippen molar-refractivity contribution in [1.29, 1.82) is 0 Å². The maximum absolute atomic E-state index is 10.4. The van der Waals surface area contributed by atoms with Crippen molar-refractivity contribution in [1.82, 2.24) is 19.5 Å². The molecule has 5 N–H and O–H groups in total. The van der Waals surface area contributed by atoms with Crippen molar-refractivity contribution in [3.8, 4) is 0 Å². The van der Waals surface area contributed by atoms with E-state index in [-0.39, 0.29) is 18.6 Å². The summed E-state index contributed by atoms with van der Waals surface area (Å²) in [5.41, 5.74) is 6.42. The number of fused-ring (bicyclic) bond motifs is 2. The summed E-state index contributed by atoms with van der Waals surface area (Å²) in [6, 6.07) is -0.365. The SMILES string of the molecule is CCSc1nc(N)c2ncn([C@H]3C(O)C(O)[C@]4(CO)C[C@H]34)c2n1. The van der Waals surface area contributed by atoms with Crippen molar-refractivity contribution < 1.29 is 15.3 Å². The lowest BCUT2D eigenvalue weighted by atomic mass is 10.0. The first-order valence-electron chi connectivity index (χ1n) is 7.63. The van der Waals surface area contributed by atoms with Crippen LogP contribution in [0.1, 0.15) is 19.4 Å². The lowest BCUT2D eigenvalue weighted by Crippen LogP contribution is -2.35. The molecule has 0 amide bonds. The monoisotopic (exact) mass is 337 g/mol. The van der Waals surface area contributed by atoms with Gasteiger partial charge in [-0.25, -0.2) is 15.0 Å². The Labute approximate surface area is 136 Å². The number of hydrogen-bond donors (Lipinski definition) is 4. The molecule has 2 aromatic rings. The number of thioether (sulfide) groups is 1. The van der Waals surface area contributed by atoms with Crippen molar-refractivity contribution in [3.05, 3.63) is 6.33 Å². The van der Waals surface area contributed by atoms with Crippen LogP contribution in [0.25, 0.3) is 11.2 Å². The van der Waals surface area contributed by atoms with E-state index < -0.39 is 17.6 Å². The molecule has 2 fully saturated rings. The van der Waals surface area contributed by atoms with Crippen LogP contribution in [0.5, 0.6) is 0 Å². The molecule has 23 heavy (non-hydrogen) atoms. The number of anilines is 1. The van der Waals surface area contributed by atoms with Crippen molar-refractivity contribution in [2.75, 3.05) is 18.1 Å². The van der Waals surface area contributed by atoms with Gasteiger partial charge in [0.25, 0.3) is 0 Å². The van der Waals surface area contributed by atoms with E-state index in [1.54, 1.807) is 10.9 Å². The molecular formula is C14H19N5O3S. The van der Waals surface area contributed by atoms with Gasteiger partial charge in [0.2, 0.25) is 0 Å². The van der Waals surface area contributed by atoms with Crippen LogP contribution < -0.4 is 5.73 Å². The predicted octanol–water partition coefficient (Wildman–Crippen LogP) is -0.204. The minimum Gasteiger partial charge on any atom is -0.396 e. The lowest BCUT2D eigenvalue weighted by Gasteiger charge is -2.23. The second-order valence-electron chi connectivity index (χ2n) is 6.28. The Hall–Kier alpha value is -1.42. The maximum atomic E-state index is 10.4. The Morgan fingerprint density at radius 2 is 2.22 bits per heavy atom. The van der Waals surface area contributed by atoms with Crippen molar-refractivity contribution in [3.63, 3.8) is 0 Å². The topological polar surface area (TPSA) is 130 Å². The van der Waals surface area contributed by atoms with E-state index in [9.17, 15) is 15.3 Å². The van der Waals surface area contributed by atoms with Crippen LogP contribution in [0, 0.1) is 11.3 Å². The van der Waals surface area contributed by atoms with Gasteiger partial charge in [-0.3, -0.25) is 0 Å². The zero-order valence-electron chi connectivity index (χ0n) is 12.6. The first kappa shape index (κ1) is 15.1. The quantitative estimate of drug-likeness (QED) is 0.445. The molecule has 0 aliphatic heterocycles. The number of aromatic nitrogens is 4. The molecule has 0 aromatic carbocycles. The van der Waals surface area contributed by atoms with Gasteiger partial charge >= 0.3 is 0 Å². The molecule has 4 rings (SSSR count). The zero-order valence-corrected chi connectivity index (χ0v) is 13.4. The van der Waals surface area contributed by atoms with Crippen molar-refractivity contribution in [2.45, 2.75) is 36.8 Å². The first-order valence-corrected chi connectivity index (χ1v) is 8.62. The van der Waals surface area contributed by atoms with E-state index in [0.717, 1.165) is 5.75 Å². The number of hydrogen-bond acceptors (Lipinski definition) is 8. The van der Waals surface area contributed by atoms with Crippen LogP contribution in [0.4, 0.5) is 5.82 Å². The number of aliphatic hydroxyl groups is 3. The summed E-state index contributed by atoms with van der Waals surface area (Å²) < 4.78 is 1.77. The normalized spacial score (nSPS) is 35.7. The van der Waals surface area contributed by atoms with Gasteiger partial charge in [0, 0.05) is 5.41 Å². The number of imidazole rings is 1. The standard InChI is InChI=1S/C14H19N5O3S/c1-2-23-13-17-11(15)7-12(18-13)19(5-16-7)8-6-3-14(6,4-20)10(22)9(8)21/h5-6,8-10,20-22H,2-4H2,1H3,(H2,15,17,18)/t6-,8-,9?,10?,14+/m1/s1. The minimum atomic E-state index is -0.961. The number of nitrogens with two attached hydrogens (primary N) is 1. The third-order valence-electron chi connectivity index (χ3n) is 5.17. The van der Waals surface area contributed by atoms with Crippen LogP contribution in [0.2, 0.25) is 0 Å². The Kier molecular flexibility index (Phi) is 3.31. The van der Waals surface area contributed by atoms with Gasteiger partial charge in [-0.15, -0.1) is 0 Å². The molecule has 2 unspecified atom stereocenters. The Morgan fingerprint density at radius 1 is 1.43 bits per heavy atom. The second kappa shape index (κ2) is 5.04. The third-order valence-corrected chi connectivity index (χ3v) is 5.90. The molecule has 2 saturated carbocycles. The molecule has 2 heterocycles. The number of aliphatic hydroxyl groups excluding tert-OH is 3. The molecule has 0 bridgehead atoms. The molecular weight excluding hydrogens is 318 g/mol. The lowest BCUT2D eigenvalue weighted by molar-refractivity contribution is -0.0300. The Balaban J connectivity index is 1.81. The summed E-state index contributed by atoms with van der Waals surface area (Å²) >= 11 is 1.48. The van der Waals surface area contributed by atoms with Gasteiger partial charge in [-0.1, -0.05) is 18.7 Å². The summed E-state index contributed by atoms with van der Waals surface area (Å²) in [7, 11) is 0. The highest BCUT2D eigenvalue weighted by Crippen LogP contribution is 2.67. The summed E-state index contributed by atoms with van der Waals surface area (Å²) in [5.74, 6) is 1.13. The number of rotatable bonds is 4. The maximum Gasteiger partial charge on any atom is 0.191 e. The van der Waals surface area contributed by atoms with Crippen LogP contribution in [-0.4, -0.2) is 59.4 Å². The molecule has 0 saturated heterocycles. The smallest absolute Gasteiger partial charge is 0.191 e. The molecule has 9 heteroatoms. The summed E-state index contributed by atoms with van der Waals surface area (Å²) in [6.07, 6.45) is 0.367. The van der Waals surface area contributed by atoms with Crippen molar-refractivity contribution in [2.24, 2.45) is 11.3 Å². The molecule has 2 aliphatic rings. The van der Waals surface area contributed by atoms with E-state index in [0.29, 0.717) is 28.6 Å².